The van der Waals surface area contributed by atoms with E-state index in [4.69, 9.17) is 11.6 Å². The molecule has 2 aromatic rings. The topological polar surface area (TPSA) is 28.2 Å². The average molecular weight is 282 g/mol. The number of aromatic nitrogens is 1. The van der Waals surface area contributed by atoms with Crippen LogP contribution in [0.4, 0.5) is 5.82 Å². The quantitative estimate of drug-likeness (QED) is 0.910. The van der Waals surface area contributed by atoms with E-state index in [1.54, 1.807) is 11.3 Å². The van der Waals surface area contributed by atoms with Crippen LogP contribution in [0, 0.1) is 0 Å². The SMILES string of the molecule is CNc1cc(CN(C)Cc2ccc(Cl)s2)ccn1. The summed E-state index contributed by atoms with van der Waals surface area (Å²) in [6.45, 7) is 1.81. The summed E-state index contributed by atoms with van der Waals surface area (Å²) >= 11 is 7.56. The molecule has 0 unspecified atom stereocenters. The molecule has 5 heteroatoms. The van der Waals surface area contributed by atoms with Crippen LogP contribution in [0.3, 0.4) is 0 Å². The van der Waals surface area contributed by atoms with Crippen LogP contribution in [0.1, 0.15) is 10.4 Å². The van der Waals surface area contributed by atoms with Gasteiger partial charge < -0.3 is 5.32 Å². The largest absolute Gasteiger partial charge is 0.373 e. The number of halogens is 1. The lowest BCUT2D eigenvalue weighted by molar-refractivity contribution is 0.322. The lowest BCUT2D eigenvalue weighted by atomic mass is 10.2. The zero-order valence-corrected chi connectivity index (χ0v) is 12.1. The second-order valence-electron chi connectivity index (χ2n) is 4.18. The number of hydrogen-bond donors (Lipinski definition) is 1. The van der Waals surface area contributed by atoms with Gasteiger partial charge in [0.1, 0.15) is 5.82 Å². The van der Waals surface area contributed by atoms with Gasteiger partial charge in [-0.2, -0.15) is 0 Å². The highest BCUT2D eigenvalue weighted by Crippen LogP contribution is 2.22. The van der Waals surface area contributed by atoms with E-state index >= 15 is 0 Å². The molecule has 96 valence electrons. The van der Waals surface area contributed by atoms with Gasteiger partial charge in [-0.3, -0.25) is 4.90 Å². The molecule has 0 spiro atoms. The van der Waals surface area contributed by atoms with Crippen LogP contribution >= 0.6 is 22.9 Å². The number of thiophene rings is 1. The first-order chi connectivity index (χ1) is 8.67. The molecule has 0 saturated heterocycles. The maximum absolute atomic E-state index is 5.93. The standard InChI is InChI=1S/C13H16ClN3S/c1-15-13-7-10(5-6-16-13)8-17(2)9-11-3-4-12(14)18-11/h3-7H,8-9H2,1-2H3,(H,15,16). The van der Waals surface area contributed by atoms with E-state index in [0.29, 0.717) is 0 Å². The monoisotopic (exact) mass is 281 g/mol. The molecule has 0 aliphatic heterocycles. The molecule has 18 heavy (non-hydrogen) atoms. The lowest BCUT2D eigenvalue weighted by Gasteiger charge is -2.16. The minimum absolute atomic E-state index is 0.847. The van der Waals surface area contributed by atoms with Gasteiger partial charge in [0.25, 0.3) is 0 Å². The van der Waals surface area contributed by atoms with Crippen LogP contribution < -0.4 is 5.32 Å². The maximum Gasteiger partial charge on any atom is 0.125 e. The van der Waals surface area contributed by atoms with E-state index in [1.165, 1.54) is 10.4 Å². The van der Waals surface area contributed by atoms with Gasteiger partial charge in [-0.25, -0.2) is 4.98 Å². The van der Waals surface area contributed by atoms with E-state index in [0.717, 1.165) is 23.2 Å². The summed E-state index contributed by atoms with van der Waals surface area (Å²) < 4.78 is 0.847. The normalized spacial score (nSPS) is 10.9. The second kappa shape index (κ2) is 6.18. The number of nitrogens with zero attached hydrogens (tertiary/aromatic N) is 2. The van der Waals surface area contributed by atoms with Gasteiger partial charge in [0.15, 0.2) is 0 Å². The maximum atomic E-state index is 5.93. The number of hydrogen-bond acceptors (Lipinski definition) is 4. The molecule has 0 amide bonds. The van der Waals surface area contributed by atoms with Gasteiger partial charge in [0.05, 0.1) is 4.34 Å². The van der Waals surface area contributed by atoms with Crippen molar-refractivity contribution in [2.75, 3.05) is 19.4 Å². The number of pyridine rings is 1. The Balaban J connectivity index is 1.96. The Labute approximate surface area is 116 Å². The van der Waals surface area contributed by atoms with E-state index < -0.39 is 0 Å². The molecule has 2 aromatic heterocycles. The first kappa shape index (κ1) is 13.3. The predicted octanol–water partition coefficient (Wildman–Crippen LogP) is 3.47. The highest BCUT2D eigenvalue weighted by Gasteiger charge is 2.05. The first-order valence-electron chi connectivity index (χ1n) is 5.73. The Morgan fingerprint density at radius 1 is 1.33 bits per heavy atom. The molecule has 0 aromatic carbocycles. The third-order valence-corrected chi connectivity index (χ3v) is 3.80. The Morgan fingerprint density at radius 3 is 2.83 bits per heavy atom. The fourth-order valence-electron chi connectivity index (χ4n) is 1.78. The van der Waals surface area contributed by atoms with Crippen molar-refractivity contribution in [2.45, 2.75) is 13.1 Å². The van der Waals surface area contributed by atoms with Crippen molar-refractivity contribution in [2.24, 2.45) is 0 Å². The number of anilines is 1. The van der Waals surface area contributed by atoms with Crippen LogP contribution in [0.2, 0.25) is 4.34 Å². The number of rotatable bonds is 5. The third kappa shape index (κ3) is 3.70. The van der Waals surface area contributed by atoms with Crippen molar-refractivity contribution in [3.05, 3.63) is 45.2 Å². The van der Waals surface area contributed by atoms with E-state index in [-0.39, 0.29) is 0 Å². The third-order valence-electron chi connectivity index (χ3n) is 2.59. The summed E-state index contributed by atoms with van der Waals surface area (Å²) in [5.74, 6) is 0.903. The van der Waals surface area contributed by atoms with Gasteiger partial charge in [-0.15, -0.1) is 11.3 Å². The Morgan fingerprint density at radius 2 is 2.17 bits per heavy atom. The van der Waals surface area contributed by atoms with Gasteiger partial charge in [-0.05, 0) is 36.9 Å². The van der Waals surface area contributed by atoms with Crippen LogP contribution in [-0.2, 0) is 13.1 Å². The first-order valence-corrected chi connectivity index (χ1v) is 6.92. The molecule has 2 heterocycles. The molecule has 0 radical (unpaired) electrons. The van der Waals surface area contributed by atoms with E-state index in [9.17, 15) is 0 Å². The van der Waals surface area contributed by atoms with Crippen molar-refractivity contribution in [3.8, 4) is 0 Å². The van der Waals surface area contributed by atoms with Gasteiger partial charge in [0, 0.05) is 31.2 Å². The summed E-state index contributed by atoms with van der Waals surface area (Å²) in [5.41, 5.74) is 1.25. The van der Waals surface area contributed by atoms with Crippen molar-refractivity contribution in [1.29, 1.82) is 0 Å². The van der Waals surface area contributed by atoms with Crippen molar-refractivity contribution in [1.82, 2.24) is 9.88 Å². The van der Waals surface area contributed by atoms with Crippen LogP contribution in [0.5, 0.6) is 0 Å². The van der Waals surface area contributed by atoms with Gasteiger partial charge in [-0.1, -0.05) is 11.6 Å². The summed E-state index contributed by atoms with van der Waals surface area (Å²) in [4.78, 5) is 7.75. The molecule has 0 saturated carbocycles. The molecule has 0 aliphatic rings. The highest BCUT2D eigenvalue weighted by atomic mass is 35.5. The minimum Gasteiger partial charge on any atom is -0.373 e. The lowest BCUT2D eigenvalue weighted by Crippen LogP contribution is -2.16. The Kier molecular flexibility index (Phi) is 4.58. The predicted molar refractivity (Wildman–Crippen MR) is 78.3 cm³/mol. The van der Waals surface area contributed by atoms with Crippen LogP contribution in [0.25, 0.3) is 0 Å². The zero-order chi connectivity index (χ0) is 13.0. The Bertz CT molecular complexity index is 512. The summed E-state index contributed by atoms with van der Waals surface area (Å²) in [6.07, 6.45) is 1.83. The fourth-order valence-corrected chi connectivity index (χ4v) is 2.95. The van der Waals surface area contributed by atoms with E-state index in [1.807, 2.05) is 25.4 Å². The zero-order valence-electron chi connectivity index (χ0n) is 10.5. The molecular weight excluding hydrogens is 266 g/mol. The fraction of sp³-hybridized carbons (Fsp3) is 0.308. The summed E-state index contributed by atoms with van der Waals surface area (Å²) in [6, 6.07) is 8.13. The molecule has 2 rings (SSSR count). The highest BCUT2D eigenvalue weighted by molar-refractivity contribution is 7.16. The number of nitrogens with one attached hydrogen (secondary N) is 1. The van der Waals surface area contributed by atoms with Crippen molar-refractivity contribution in [3.63, 3.8) is 0 Å². The molecule has 0 bridgehead atoms. The van der Waals surface area contributed by atoms with Crippen molar-refractivity contribution >= 4 is 28.8 Å². The summed E-state index contributed by atoms with van der Waals surface area (Å²) in [5, 5.41) is 3.05. The smallest absolute Gasteiger partial charge is 0.125 e. The molecule has 0 atom stereocenters. The van der Waals surface area contributed by atoms with Crippen LogP contribution in [-0.4, -0.2) is 24.0 Å². The van der Waals surface area contributed by atoms with Crippen LogP contribution in [0.15, 0.2) is 30.5 Å². The van der Waals surface area contributed by atoms with E-state index in [2.05, 4.69) is 34.4 Å². The molecule has 1 N–H and O–H groups in total. The summed E-state index contributed by atoms with van der Waals surface area (Å²) in [7, 11) is 3.98. The Hall–Kier alpha value is -1.10. The minimum atomic E-state index is 0.847. The molecule has 0 aliphatic carbocycles. The molecular formula is C13H16ClN3S. The second-order valence-corrected chi connectivity index (χ2v) is 5.98. The van der Waals surface area contributed by atoms with Crippen molar-refractivity contribution < 1.29 is 0 Å². The molecule has 0 fully saturated rings. The molecule has 3 nitrogen and oxygen atoms in total. The van der Waals surface area contributed by atoms with Gasteiger partial charge in [0.2, 0.25) is 0 Å². The van der Waals surface area contributed by atoms with Gasteiger partial charge >= 0.3 is 0 Å². The average Bonchev–Trinajstić information content (AvgIpc) is 2.74.